The highest BCUT2D eigenvalue weighted by Crippen LogP contribution is 2.28. The second-order valence-electron chi connectivity index (χ2n) is 6.79. The van der Waals surface area contributed by atoms with E-state index in [0.29, 0.717) is 22.9 Å². The van der Waals surface area contributed by atoms with Crippen LogP contribution in [0.1, 0.15) is 15.9 Å². The van der Waals surface area contributed by atoms with Crippen LogP contribution in [-0.2, 0) is 6.54 Å². The first-order chi connectivity index (χ1) is 14.9. The zero-order valence-electron chi connectivity index (χ0n) is 16.0. The Morgan fingerprint density at radius 3 is 2.45 bits per heavy atom. The molecule has 0 spiro atoms. The molecule has 1 aromatic heterocycles. The van der Waals surface area contributed by atoms with Crippen LogP contribution in [0.25, 0.3) is 16.9 Å². The molecule has 4 aromatic rings. The molecule has 8 heteroatoms. The van der Waals surface area contributed by atoms with Gasteiger partial charge in [0.25, 0.3) is 0 Å². The SMILES string of the molecule is O=C(O)c1ccc(-n2cc(CNc3ccc(Br)c(Cl)c3)c(-c3ccc(F)cc3)n2)cc1. The fourth-order valence-electron chi connectivity index (χ4n) is 3.08. The first-order valence-electron chi connectivity index (χ1n) is 9.28. The van der Waals surface area contributed by atoms with Gasteiger partial charge in [0.1, 0.15) is 5.82 Å². The van der Waals surface area contributed by atoms with E-state index in [0.717, 1.165) is 21.3 Å². The number of hydrogen-bond donors (Lipinski definition) is 2. The largest absolute Gasteiger partial charge is 0.478 e. The highest BCUT2D eigenvalue weighted by atomic mass is 79.9. The number of halogens is 3. The van der Waals surface area contributed by atoms with Crippen LogP contribution >= 0.6 is 27.5 Å². The summed E-state index contributed by atoms with van der Waals surface area (Å²) in [4.78, 5) is 11.1. The van der Waals surface area contributed by atoms with Crippen molar-refractivity contribution in [3.63, 3.8) is 0 Å². The molecule has 0 bridgehead atoms. The molecule has 0 fully saturated rings. The van der Waals surface area contributed by atoms with E-state index in [4.69, 9.17) is 16.7 Å². The van der Waals surface area contributed by atoms with Crippen molar-refractivity contribution < 1.29 is 14.3 Å². The van der Waals surface area contributed by atoms with Crippen molar-refractivity contribution in [3.05, 3.63) is 99.4 Å². The predicted octanol–water partition coefficient (Wildman–Crippen LogP) is 6.40. The highest BCUT2D eigenvalue weighted by Gasteiger charge is 2.13. The van der Waals surface area contributed by atoms with Crippen LogP contribution in [0.2, 0.25) is 5.02 Å². The molecule has 5 nitrogen and oxygen atoms in total. The molecule has 0 aliphatic rings. The molecule has 0 unspecified atom stereocenters. The van der Waals surface area contributed by atoms with Crippen molar-refractivity contribution in [2.75, 3.05) is 5.32 Å². The lowest BCUT2D eigenvalue weighted by Crippen LogP contribution is -2.00. The highest BCUT2D eigenvalue weighted by molar-refractivity contribution is 9.10. The molecule has 1 heterocycles. The third kappa shape index (κ3) is 4.78. The quantitative estimate of drug-likeness (QED) is 0.321. The Kier molecular flexibility index (Phi) is 6.06. The van der Waals surface area contributed by atoms with Gasteiger partial charge in [0.05, 0.1) is 22.0 Å². The minimum Gasteiger partial charge on any atom is -0.478 e. The van der Waals surface area contributed by atoms with E-state index >= 15 is 0 Å². The Hall–Kier alpha value is -3.16. The Morgan fingerprint density at radius 1 is 1.10 bits per heavy atom. The summed E-state index contributed by atoms with van der Waals surface area (Å²) in [6.07, 6.45) is 1.86. The molecule has 0 radical (unpaired) electrons. The van der Waals surface area contributed by atoms with Crippen LogP contribution in [0, 0.1) is 5.82 Å². The van der Waals surface area contributed by atoms with Gasteiger partial charge in [0, 0.05) is 34.0 Å². The molecular weight excluding hydrogens is 485 g/mol. The van der Waals surface area contributed by atoms with Gasteiger partial charge in [-0.15, -0.1) is 0 Å². The number of carbonyl (C=O) groups is 1. The zero-order chi connectivity index (χ0) is 22.0. The summed E-state index contributed by atoms with van der Waals surface area (Å²) in [5.74, 6) is -1.31. The van der Waals surface area contributed by atoms with Gasteiger partial charge in [-0.05, 0) is 82.7 Å². The molecule has 31 heavy (non-hydrogen) atoms. The van der Waals surface area contributed by atoms with Gasteiger partial charge < -0.3 is 10.4 Å². The van der Waals surface area contributed by atoms with Gasteiger partial charge >= 0.3 is 5.97 Å². The van der Waals surface area contributed by atoms with Gasteiger partial charge in [-0.1, -0.05) is 11.6 Å². The second-order valence-corrected chi connectivity index (χ2v) is 8.05. The summed E-state index contributed by atoms with van der Waals surface area (Å²) in [7, 11) is 0. The lowest BCUT2D eigenvalue weighted by atomic mass is 10.1. The van der Waals surface area contributed by atoms with E-state index < -0.39 is 5.97 Å². The maximum Gasteiger partial charge on any atom is 0.335 e. The summed E-state index contributed by atoms with van der Waals surface area (Å²) >= 11 is 9.55. The van der Waals surface area contributed by atoms with E-state index in [1.54, 1.807) is 28.9 Å². The van der Waals surface area contributed by atoms with Crippen molar-refractivity contribution in [2.45, 2.75) is 6.54 Å². The fraction of sp³-hybridized carbons (Fsp3) is 0.0435. The summed E-state index contributed by atoms with van der Waals surface area (Å²) in [6.45, 7) is 0.456. The Bertz CT molecular complexity index is 1240. The topological polar surface area (TPSA) is 67.2 Å². The average Bonchev–Trinajstić information content (AvgIpc) is 3.19. The second kappa shape index (κ2) is 8.91. The molecule has 156 valence electrons. The van der Waals surface area contributed by atoms with E-state index in [1.165, 1.54) is 24.3 Å². The van der Waals surface area contributed by atoms with Crippen LogP contribution in [0.4, 0.5) is 10.1 Å². The van der Waals surface area contributed by atoms with E-state index in [9.17, 15) is 9.18 Å². The molecule has 0 saturated carbocycles. The van der Waals surface area contributed by atoms with Crippen LogP contribution in [0.5, 0.6) is 0 Å². The van der Waals surface area contributed by atoms with Gasteiger partial charge in [0.2, 0.25) is 0 Å². The first kappa shape index (κ1) is 21.1. The molecule has 0 amide bonds. The van der Waals surface area contributed by atoms with E-state index in [2.05, 4.69) is 26.3 Å². The monoisotopic (exact) mass is 499 g/mol. The fourth-order valence-corrected chi connectivity index (χ4v) is 3.51. The molecule has 0 saturated heterocycles. The van der Waals surface area contributed by atoms with E-state index in [-0.39, 0.29) is 11.4 Å². The van der Waals surface area contributed by atoms with Crippen molar-refractivity contribution >= 4 is 39.2 Å². The number of benzene rings is 3. The number of rotatable bonds is 6. The Balaban J connectivity index is 1.68. The summed E-state index contributed by atoms with van der Waals surface area (Å²) in [6, 6.07) is 18.2. The number of carboxylic acid groups (broad SMARTS) is 1. The molecule has 2 N–H and O–H groups in total. The van der Waals surface area contributed by atoms with Crippen LogP contribution in [0.15, 0.2) is 77.4 Å². The molecule has 0 atom stereocenters. The first-order valence-corrected chi connectivity index (χ1v) is 10.4. The standard InChI is InChI=1S/C23H16BrClFN3O2/c24-20-10-7-18(11-21(20)25)27-12-16-13-29(19-8-3-15(4-9-19)23(30)31)28-22(16)14-1-5-17(26)6-2-14/h1-11,13,27H,12H2,(H,30,31). The van der Waals surface area contributed by atoms with Gasteiger partial charge in [-0.2, -0.15) is 5.10 Å². The average molecular weight is 501 g/mol. The lowest BCUT2D eigenvalue weighted by molar-refractivity contribution is 0.0697. The summed E-state index contributed by atoms with van der Waals surface area (Å²) in [5.41, 5.74) is 4.10. The van der Waals surface area contributed by atoms with Crippen molar-refractivity contribution in [2.24, 2.45) is 0 Å². The third-order valence-corrected chi connectivity index (χ3v) is 5.92. The van der Waals surface area contributed by atoms with Crippen molar-refractivity contribution in [1.29, 1.82) is 0 Å². The molecular formula is C23H16BrClFN3O2. The number of aromatic carboxylic acids is 1. The van der Waals surface area contributed by atoms with Gasteiger partial charge in [-0.25, -0.2) is 13.9 Å². The Labute approximate surface area is 191 Å². The Morgan fingerprint density at radius 2 is 1.81 bits per heavy atom. The van der Waals surface area contributed by atoms with Crippen molar-refractivity contribution in [1.82, 2.24) is 9.78 Å². The number of hydrogen-bond acceptors (Lipinski definition) is 3. The number of nitrogens with zero attached hydrogens (tertiary/aromatic N) is 2. The number of carboxylic acids is 1. The molecule has 3 aromatic carbocycles. The maximum absolute atomic E-state index is 13.4. The van der Waals surface area contributed by atoms with Crippen LogP contribution in [-0.4, -0.2) is 20.9 Å². The zero-order valence-corrected chi connectivity index (χ0v) is 18.4. The van der Waals surface area contributed by atoms with Crippen LogP contribution < -0.4 is 5.32 Å². The predicted molar refractivity (Wildman–Crippen MR) is 122 cm³/mol. The smallest absolute Gasteiger partial charge is 0.335 e. The molecule has 4 rings (SSSR count). The number of anilines is 1. The van der Waals surface area contributed by atoms with Crippen molar-refractivity contribution in [3.8, 4) is 16.9 Å². The minimum atomic E-state index is -0.989. The third-order valence-electron chi connectivity index (χ3n) is 4.69. The van der Waals surface area contributed by atoms with E-state index in [1.807, 2.05) is 24.4 Å². The normalized spacial score (nSPS) is 10.8. The van der Waals surface area contributed by atoms with Gasteiger partial charge in [-0.3, -0.25) is 0 Å². The molecule has 0 aliphatic heterocycles. The maximum atomic E-state index is 13.4. The van der Waals surface area contributed by atoms with Crippen LogP contribution in [0.3, 0.4) is 0 Å². The molecule has 0 aliphatic carbocycles. The number of aromatic nitrogens is 2. The summed E-state index contributed by atoms with van der Waals surface area (Å²) < 4.78 is 15.9. The summed E-state index contributed by atoms with van der Waals surface area (Å²) in [5, 5.41) is 17.7. The number of nitrogens with one attached hydrogen (secondary N) is 1. The lowest BCUT2D eigenvalue weighted by Gasteiger charge is -2.08. The minimum absolute atomic E-state index is 0.198. The van der Waals surface area contributed by atoms with Gasteiger partial charge in [0.15, 0.2) is 0 Å².